The molecule has 0 amide bonds. The summed E-state index contributed by atoms with van der Waals surface area (Å²) in [5.41, 5.74) is 1.73. The highest BCUT2D eigenvalue weighted by atomic mass is 16.3. The van der Waals surface area contributed by atoms with Gasteiger partial charge in [-0.05, 0) is 12.0 Å². The van der Waals surface area contributed by atoms with Gasteiger partial charge in [0.05, 0.1) is 17.6 Å². The van der Waals surface area contributed by atoms with Crippen LogP contribution in [-0.2, 0) is 18.3 Å². The number of carbonyl (C=O) groups excluding carboxylic acids is 1. The molecule has 0 spiro atoms. The average Bonchev–Trinajstić information content (AvgIpc) is 2.66. The summed E-state index contributed by atoms with van der Waals surface area (Å²) < 4.78 is 1.76. The number of aryl methyl sites for hydroxylation is 1. The van der Waals surface area contributed by atoms with Crippen LogP contribution in [0.2, 0.25) is 0 Å². The Morgan fingerprint density at radius 1 is 1.39 bits per heavy atom. The normalized spacial score (nSPS) is 13.2. The summed E-state index contributed by atoms with van der Waals surface area (Å²) in [6, 6.07) is 7.79. The number of rotatable bonds is 4. The third-order valence-electron chi connectivity index (χ3n) is 3.14. The average molecular weight is 246 g/mol. The van der Waals surface area contributed by atoms with Gasteiger partial charge in [0.1, 0.15) is 6.10 Å². The quantitative estimate of drug-likeness (QED) is 0.893. The minimum absolute atomic E-state index is 0.0625. The number of aromatic nitrogens is 2. The SMILES string of the molecule is CC(C)C(O)C(=O)Cc1nn(C)c2ccccc12. The lowest BCUT2D eigenvalue weighted by Gasteiger charge is -2.11. The molecule has 1 atom stereocenters. The van der Waals surface area contributed by atoms with Crippen LogP contribution in [0.25, 0.3) is 10.9 Å². The number of carbonyl (C=O) groups is 1. The number of nitrogens with zero attached hydrogens (tertiary/aromatic N) is 2. The first-order valence-electron chi connectivity index (χ1n) is 6.12. The van der Waals surface area contributed by atoms with Gasteiger partial charge >= 0.3 is 0 Å². The maximum atomic E-state index is 11.9. The van der Waals surface area contributed by atoms with E-state index < -0.39 is 6.10 Å². The molecule has 2 rings (SSSR count). The molecule has 2 aromatic rings. The van der Waals surface area contributed by atoms with Crippen LogP contribution < -0.4 is 0 Å². The van der Waals surface area contributed by atoms with Crippen molar-refractivity contribution in [3.8, 4) is 0 Å². The molecule has 0 saturated carbocycles. The first-order chi connectivity index (χ1) is 8.50. The topological polar surface area (TPSA) is 55.1 Å². The van der Waals surface area contributed by atoms with Crippen molar-refractivity contribution in [3.63, 3.8) is 0 Å². The summed E-state index contributed by atoms with van der Waals surface area (Å²) in [4.78, 5) is 11.9. The molecule has 1 aromatic carbocycles. The van der Waals surface area contributed by atoms with Crippen LogP contribution in [0, 0.1) is 5.92 Å². The number of aliphatic hydroxyl groups excluding tert-OH is 1. The minimum Gasteiger partial charge on any atom is -0.385 e. The van der Waals surface area contributed by atoms with E-state index in [1.807, 2.05) is 45.2 Å². The van der Waals surface area contributed by atoms with E-state index >= 15 is 0 Å². The zero-order valence-corrected chi connectivity index (χ0v) is 10.9. The van der Waals surface area contributed by atoms with Gasteiger partial charge in [0.15, 0.2) is 5.78 Å². The summed E-state index contributed by atoms with van der Waals surface area (Å²) in [6.45, 7) is 3.66. The molecule has 96 valence electrons. The third kappa shape index (κ3) is 2.29. The van der Waals surface area contributed by atoms with Crippen LogP contribution in [-0.4, -0.2) is 26.8 Å². The second-order valence-corrected chi connectivity index (χ2v) is 4.92. The van der Waals surface area contributed by atoms with Gasteiger partial charge in [-0.2, -0.15) is 5.10 Å². The van der Waals surface area contributed by atoms with Crippen molar-refractivity contribution in [2.45, 2.75) is 26.4 Å². The summed E-state index contributed by atoms with van der Waals surface area (Å²) in [5.74, 6) is -0.235. The highest BCUT2D eigenvalue weighted by Crippen LogP contribution is 2.19. The van der Waals surface area contributed by atoms with E-state index in [4.69, 9.17) is 0 Å². The lowest BCUT2D eigenvalue weighted by Crippen LogP contribution is -2.27. The molecule has 0 saturated heterocycles. The van der Waals surface area contributed by atoms with E-state index in [0.717, 1.165) is 16.6 Å². The van der Waals surface area contributed by atoms with E-state index in [1.165, 1.54) is 0 Å². The summed E-state index contributed by atoms with van der Waals surface area (Å²) in [5, 5.41) is 15.1. The summed E-state index contributed by atoms with van der Waals surface area (Å²) in [7, 11) is 1.86. The van der Waals surface area contributed by atoms with Crippen LogP contribution in [0.1, 0.15) is 19.5 Å². The van der Waals surface area contributed by atoms with Gasteiger partial charge in [-0.15, -0.1) is 0 Å². The molecule has 0 bridgehead atoms. The number of Topliss-reactive ketones (excluding diaryl/α,β-unsaturated/α-hetero) is 1. The number of aliphatic hydroxyl groups is 1. The Labute approximate surface area is 106 Å². The Balaban J connectivity index is 2.30. The second kappa shape index (κ2) is 4.90. The largest absolute Gasteiger partial charge is 0.385 e. The first kappa shape index (κ1) is 12.8. The summed E-state index contributed by atoms with van der Waals surface area (Å²) in [6.07, 6.45) is -0.730. The molecule has 1 N–H and O–H groups in total. The second-order valence-electron chi connectivity index (χ2n) is 4.92. The zero-order valence-electron chi connectivity index (χ0n) is 10.9. The Morgan fingerprint density at radius 3 is 2.72 bits per heavy atom. The van der Waals surface area contributed by atoms with Gasteiger partial charge in [0, 0.05) is 12.4 Å². The van der Waals surface area contributed by atoms with Crippen molar-refractivity contribution in [2.75, 3.05) is 0 Å². The van der Waals surface area contributed by atoms with Gasteiger partial charge in [-0.1, -0.05) is 32.0 Å². The van der Waals surface area contributed by atoms with Gasteiger partial charge in [-0.25, -0.2) is 0 Å². The number of benzene rings is 1. The van der Waals surface area contributed by atoms with Crippen molar-refractivity contribution in [1.82, 2.24) is 9.78 Å². The molecule has 1 aromatic heterocycles. The smallest absolute Gasteiger partial charge is 0.167 e. The lowest BCUT2D eigenvalue weighted by atomic mass is 9.99. The maximum Gasteiger partial charge on any atom is 0.167 e. The van der Waals surface area contributed by atoms with Crippen LogP contribution in [0.4, 0.5) is 0 Å². The molecule has 0 aliphatic rings. The van der Waals surface area contributed by atoms with Crippen LogP contribution >= 0.6 is 0 Å². The van der Waals surface area contributed by atoms with Gasteiger partial charge in [0.2, 0.25) is 0 Å². The van der Waals surface area contributed by atoms with E-state index in [0.29, 0.717) is 0 Å². The molecular formula is C14H18N2O2. The number of hydrogen-bond donors (Lipinski definition) is 1. The Bertz CT molecular complexity index is 572. The standard InChI is InChI=1S/C14H18N2O2/c1-9(2)14(18)13(17)8-11-10-6-4-5-7-12(10)16(3)15-11/h4-7,9,14,18H,8H2,1-3H3. The van der Waals surface area contributed by atoms with Gasteiger partial charge in [-0.3, -0.25) is 9.48 Å². The van der Waals surface area contributed by atoms with E-state index in [9.17, 15) is 9.90 Å². The van der Waals surface area contributed by atoms with Gasteiger partial charge < -0.3 is 5.11 Å². The first-order valence-corrected chi connectivity index (χ1v) is 6.12. The van der Waals surface area contributed by atoms with E-state index in [1.54, 1.807) is 4.68 Å². The Morgan fingerprint density at radius 2 is 2.06 bits per heavy atom. The highest BCUT2D eigenvalue weighted by molar-refractivity contribution is 5.90. The predicted molar refractivity (Wildman–Crippen MR) is 70.3 cm³/mol. The fourth-order valence-corrected chi connectivity index (χ4v) is 2.06. The Hall–Kier alpha value is -1.68. The number of hydrogen-bond acceptors (Lipinski definition) is 3. The van der Waals surface area contributed by atoms with Crippen molar-refractivity contribution in [1.29, 1.82) is 0 Å². The fourth-order valence-electron chi connectivity index (χ4n) is 2.06. The number of fused-ring (bicyclic) bond motifs is 1. The monoisotopic (exact) mass is 246 g/mol. The molecule has 0 aliphatic heterocycles. The molecule has 4 nitrogen and oxygen atoms in total. The molecule has 18 heavy (non-hydrogen) atoms. The van der Waals surface area contributed by atoms with Crippen molar-refractivity contribution in [2.24, 2.45) is 13.0 Å². The van der Waals surface area contributed by atoms with Crippen LogP contribution in [0.5, 0.6) is 0 Å². The summed E-state index contributed by atoms with van der Waals surface area (Å²) >= 11 is 0. The molecule has 4 heteroatoms. The van der Waals surface area contributed by atoms with Gasteiger partial charge in [0.25, 0.3) is 0 Å². The lowest BCUT2D eigenvalue weighted by molar-refractivity contribution is -0.128. The van der Waals surface area contributed by atoms with Crippen molar-refractivity contribution >= 4 is 16.7 Å². The molecule has 0 radical (unpaired) electrons. The van der Waals surface area contributed by atoms with Crippen LogP contribution in [0.3, 0.4) is 0 Å². The van der Waals surface area contributed by atoms with Crippen molar-refractivity contribution < 1.29 is 9.90 Å². The fraction of sp³-hybridized carbons (Fsp3) is 0.429. The molecule has 0 aliphatic carbocycles. The third-order valence-corrected chi connectivity index (χ3v) is 3.14. The molecule has 1 heterocycles. The van der Waals surface area contributed by atoms with E-state index in [-0.39, 0.29) is 18.1 Å². The predicted octanol–water partition coefficient (Wildman–Crippen LogP) is 1.70. The van der Waals surface area contributed by atoms with E-state index in [2.05, 4.69) is 5.10 Å². The molecule has 0 fully saturated rings. The number of ketones is 1. The van der Waals surface area contributed by atoms with Crippen LogP contribution in [0.15, 0.2) is 24.3 Å². The molecule has 1 unspecified atom stereocenters. The minimum atomic E-state index is -0.911. The van der Waals surface area contributed by atoms with Crippen molar-refractivity contribution in [3.05, 3.63) is 30.0 Å². The highest BCUT2D eigenvalue weighted by Gasteiger charge is 2.21. The zero-order chi connectivity index (χ0) is 13.3. The number of para-hydroxylation sites is 1. The molecular weight excluding hydrogens is 228 g/mol. The Kier molecular flexibility index (Phi) is 3.48. The maximum absolute atomic E-state index is 11.9.